The standard InChI is InChI=1S/C19H20N2O5/c22-16-10-12(11-20(16)13-6-2-1-3-7-13)19(25)26-21-17(23)14-8-4-5-9-15(14)18(21)24/h4-5,8-9,12-13H,1-3,6-7,10-11H2. The summed E-state index contributed by atoms with van der Waals surface area (Å²) in [5.41, 5.74) is 0.438. The molecule has 0 radical (unpaired) electrons. The summed E-state index contributed by atoms with van der Waals surface area (Å²) in [6.45, 7) is 0.297. The average molecular weight is 356 g/mol. The Morgan fingerprint density at radius 3 is 2.19 bits per heavy atom. The third kappa shape index (κ3) is 2.77. The van der Waals surface area contributed by atoms with Crippen molar-refractivity contribution < 1.29 is 24.0 Å². The number of fused-ring (bicyclic) bond motifs is 1. The van der Waals surface area contributed by atoms with Gasteiger partial charge in [-0.3, -0.25) is 14.4 Å². The van der Waals surface area contributed by atoms with Crippen LogP contribution in [-0.2, 0) is 14.4 Å². The minimum Gasteiger partial charge on any atom is -0.339 e. The Balaban J connectivity index is 1.42. The summed E-state index contributed by atoms with van der Waals surface area (Å²) in [6, 6.07) is 6.52. The number of imide groups is 1. The molecule has 26 heavy (non-hydrogen) atoms. The van der Waals surface area contributed by atoms with Crippen molar-refractivity contribution >= 4 is 23.7 Å². The summed E-state index contributed by atoms with van der Waals surface area (Å²) in [5, 5.41) is 0.515. The molecular formula is C19H20N2O5. The molecule has 1 atom stereocenters. The molecule has 3 aliphatic rings. The summed E-state index contributed by atoms with van der Waals surface area (Å²) in [6.07, 6.45) is 5.37. The number of hydroxylamine groups is 2. The van der Waals surface area contributed by atoms with Crippen LogP contribution in [0.25, 0.3) is 0 Å². The van der Waals surface area contributed by atoms with Gasteiger partial charge in [-0.15, -0.1) is 0 Å². The van der Waals surface area contributed by atoms with Gasteiger partial charge in [-0.25, -0.2) is 4.79 Å². The summed E-state index contributed by atoms with van der Waals surface area (Å²) < 4.78 is 0. The van der Waals surface area contributed by atoms with E-state index in [0.29, 0.717) is 11.6 Å². The van der Waals surface area contributed by atoms with Gasteiger partial charge in [0.05, 0.1) is 17.0 Å². The smallest absolute Gasteiger partial charge is 0.338 e. The highest BCUT2D eigenvalue weighted by Crippen LogP contribution is 2.30. The minimum atomic E-state index is -0.703. The zero-order valence-electron chi connectivity index (χ0n) is 14.3. The molecule has 2 heterocycles. The maximum Gasteiger partial charge on any atom is 0.338 e. The van der Waals surface area contributed by atoms with Crippen molar-refractivity contribution in [2.24, 2.45) is 5.92 Å². The van der Waals surface area contributed by atoms with Crippen molar-refractivity contribution in [1.29, 1.82) is 0 Å². The van der Waals surface area contributed by atoms with E-state index in [1.54, 1.807) is 17.0 Å². The van der Waals surface area contributed by atoms with Crippen LogP contribution in [-0.4, -0.2) is 46.2 Å². The summed E-state index contributed by atoms with van der Waals surface area (Å²) >= 11 is 0. The van der Waals surface area contributed by atoms with Crippen LogP contribution in [0.2, 0.25) is 0 Å². The zero-order valence-corrected chi connectivity index (χ0v) is 14.3. The molecule has 0 N–H and O–H groups in total. The van der Waals surface area contributed by atoms with Crippen LogP contribution in [0.5, 0.6) is 0 Å². The van der Waals surface area contributed by atoms with Gasteiger partial charge in [0.1, 0.15) is 0 Å². The quantitative estimate of drug-likeness (QED) is 0.773. The number of likely N-dealkylation sites (tertiary alicyclic amines) is 1. The highest BCUT2D eigenvalue weighted by Gasteiger charge is 2.43. The van der Waals surface area contributed by atoms with E-state index in [4.69, 9.17) is 4.84 Å². The minimum absolute atomic E-state index is 0.0544. The van der Waals surface area contributed by atoms with Crippen LogP contribution in [0, 0.1) is 5.92 Å². The first-order chi connectivity index (χ1) is 12.6. The normalized spacial score (nSPS) is 23.5. The van der Waals surface area contributed by atoms with Crippen LogP contribution in [0.15, 0.2) is 24.3 Å². The van der Waals surface area contributed by atoms with E-state index in [2.05, 4.69) is 0 Å². The molecule has 1 aromatic carbocycles. The van der Waals surface area contributed by atoms with Gasteiger partial charge >= 0.3 is 5.97 Å². The summed E-state index contributed by atoms with van der Waals surface area (Å²) in [7, 11) is 0. The number of carbonyl (C=O) groups is 4. The van der Waals surface area contributed by atoms with Crippen molar-refractivity contribution in [3.05, 3.63) is 35.4 Å². The highest BCUT2D eigenvalue weighted by atomic mass is 16.7. The molecule has 1 saturated heterocycles. The SMILES string of the molecule is O=C(ON1C(=O)c2ccccc2C1=O)C1CC(=O)N(C2CCCCC2)C1. The van der Waals surface area contributed by atoms with Crippen LogP contribution in [0.4, 0.5) is 0 Å². The Morgan fingerprint density at radius 1 is 0.962 bits per heavy atom. The fourth-order valence-corrected chi connectivity index (χ4v) is 4.05. The summed E-state index contributed by atoms with van der Waals surface area (Å²) in [5.74, 6) is -2.69. The topological polar surface area (TPSA) is 84.0 Å². The number of benzene rings is 1. The van der Waals surface area contributed by atoms with E-state index in [0.717, 1.165) is 25.7 Å². The summed E-state index contributed by atoms with van der Waals surface area (Å²) in [4.78, 5) is 56.2. The van der Waals surface area contributed by atoms with Gasteiger partial charge in [0.2, 0.25) is 5.91 Å². The molecule has 3 amide bonds. The second-order valence-corrected chi connectivity index (χ2v) is 7.10. The van der Waals surface area contributed by atoms with Crippen LogP contribution < -0.4 is 0 Å². The van der Waals surface area contributed by atoms with Gasteiger partial charge in [0, 0.05) is 19.0 Å². The van der Waals surface area contributed by atoms with E-state index < -0.39 is 23.7 Å². The molecule has 0 spiro atoms. The molecule has 2 aliphatic heterocycles. The van der Waals surface area contributed by atoms with Gasteiger partial charge in [-0.2, -0.15) is 0 Å². The van der Waals surface area contributed by atoms with Crippen molar-refractivity contribution in [3.8, 4) is 0 Å². The van der Waals surface area contributed by atoms with Gasteiger partial charge in [0.25, 0.3) is 11.8 Å². The number of amides is 3. The maximum atomic E-state index is 12.5. The molecule has 7 heteroatoms. The van der Waals surface area contributed by atoms with E-state index >= 15 is 0 Å². The monoisotopic (exact) mass is 356 g/mol. The van der Waals surface area contributed by atoms with Crippen LogP contribution in [0.1, 0.15) is 59.2 Å². The molecule has 2 fully saturated rings. The van der Waals surface area contributed by atoms with Crippen molar-refractivity contribution in [1.82, 2.24) is 9.96 Å². The third-order valence-electron chi connectivity index (χ3n) is 5.45. The molecule has 7 nitrogen and oxygen atoms in total. The predicted octanol–water partition coefficient (Wildman–Crippen LogP) is 1.92. The molecule has 0 bridgehead atoms. The Kier molecular flexibility index (Phi) is 4.22. The van der Waals surface area contributed by atoms with Gasteiger partial charge in [-0.05, 0) is 25.0 Å². The molecule has 1 unspecified atom stereocenters. The molecule has 1 saturated carbocycles. The van der Waals surface area contributed by atoms with E-state index in [-0.39, 0.29) is 29.5 Å². The largest absolute Gasteiger partial charge is 0.339 e. The van der Waals surface area contributed by atoms with Crippen molar-refractivity contribution in [3.63, 3.8) is 0 Å². The Morgan fingerprint density at radius 2 is 1.58 bits per heavy atom. The Bertz CT molecular complexity index is 749. The number of nitrogens with zero attached hydrogens (tertiary/aromatic N) is 2. The number of carbonyl (C=O) groups excluding carboxylic acids is 4. The van der Waals surface area contributed by atoms with Crippen molar-refractivity contribution in [2.45, 2.75) is 44.6 Å². The van der Waals surface area contributed by atoms with Crippen LogP contribution >= 0.6 is 0 Å². The van der Waals surface area contributed by atoms with Crippen molar-refractivity contribution in [2.75, 3.05) is 6.54 Å². The number of hydrogen-bond donors (Lipinski definition) is 0. The Labute approximate surface area is 150 Å². The lowest BCUT2D eigenvalue weighted by Gasteiger charge is -2.31. The fourth-order valence-electron chi connectivity index (χ4n) is 4.05. The third-order valence-corrected chi connectivity index (χ3v) is 5.45. The Hall–Kier alpha value is -2.70. The second kappa shape index (κ2) is 6.55. The highest BCUT2D eigenvalue weighted by molar-refractivity contribution is 6.20. The fraction of sp³-hybridized carbons (Fsp3) is 0.474. The first-order valence-electron chi connectivity index (χ1n) is 9.05. The number of rotatable bonds is 3. The first kappa shape index (κ1) is 16.8. The molecule has 0 aromatic heterocycles. The molecule has 4 rings (SSSR count). The second-order valence-electron chi connectivity index (χ2n) is 7.10. The lowest BCUT2D eigenvalue weighted by atomic mass is 9.94. The van der Waals surface area contributed by atoms with E-state index in [9.17, 15) is 19.2 Å². The molecule has 1 aromatic rings. The maximum absolute atomic E-state index is 12.5. The first-order valence-corrected chi connectivity index (χ1v) is 9.05. The predicted molar refractivity (Wildman–Crippen MR) is 89.7 cm³/mol. The van der Waals surface area contributed by atoms with Crippen LogP contribution in [0.3, 0.4) is 0 Å². The van der Waals surface area contributed by atoms with Gasteiger partial charge in [-0.1, -0.05) is 36.5 Å². The molecule has 136 valence electrons. The molecule has 1 aliphatic carbocycles. The lowest BCUT2D eigenvalue weighted by Crippen LogP contribution is -2.39. The van der Waals surface area contributed by atoms with Gasteiger partial charge in [0.15, 0.2) is 0 Å². The van der Waals surface area contributed by atoms with Gasteiger partial charge < -0.3 is 9.74 Å². The van der Waals surface area contributed by atoms with E-state index in [1.165, 1.54) is 18.6 Å². The average Bonchev–Trinajstić information content (AvgIpc) is 3.17. The lowest BCUT2D eigenvalue weighted by molar-refractivity contribution is -0.173. The zero-order chi connectivity index (χ0) is 18.3. The molecular weight excluding hydrogens is 336 g/mol. The number of hydrogen-bond acceptors (Lipinski definition) is 5. The van der Waals surface area contributed by atoms with E-state index in [1.807, 2.05) is 0 Å².